The van der Waals surface area contributed by atoms with Crippen LogP contribution in [0.4, 0.5) is 11.5 Å². The predicted octanol–water partition coefficient (Wildman–Crippen LogP) is 0.935. The lowest BCUT2D eigenvalue weighted by atomic mass is 10.2. The van der Waals surface area contributed by atoms with Gasteiger partial charge in [0.25, 0.3) is 0 Å². The van der Waals surface area contributed by atoms with Crippen LogP contribution in [0.1, 0.15) is 31.1 Å². The first kappa shape index (κ1) is 15.7. The number of carboxylic acid groups (broad SMARTS) is 1. The fourth-order valence-electron chi connectivity index (χ4n) is 1.45. The molecular weight excluding hydrogens is 260 g/mol. The van der Waals surface area contributed by atoms with Crippen molar-refractivity contribution >= 4 is 23.4 Å². The van der Waals surface area contributed by atoms with E-state index in [0.717, 1.165) is 0 Å². The van der Waals surface area contributed by atoms with E-state index in [1.165, 1.54) is 12.3 Å². The number of nitrogens with zero attached hydrogens (tertiary/aromatic N) is 1. The lowest BCUT2D eigenvalue weighted by Gasteiger charge is -2.16. The van der Waals surface area contributed by atoms with Gasteiger partial charge in [0.2, 0.25) is 5.91 Å². The van der Waals surface area contributed by atoms with Crippen molar-refractivity contribution in [2.75, 3.05) is 17.6 Å². The lowest BCUT2D eigenvalue weighted by molar-refractivity contribution is -0.121. The van der Waals surface area contributed by atoms with Crippen molar-refractivity contribution in [1.29, 1.82) is 0 Å². The first-order valence-electron chi connectivity index (χ1n) is 6.34. The molecule has 20 heavy (non-hydrogen) atoms. The van der Waals surface area contributed by atoms with Gasteiger partial charge in [0.1, 0.15) is 11.9 Å². The van der Waals surface area contributed by atoms with Crippen LogP contribution in [-0.4, -0.2) is 34.6 Å². The van der Waals surface area contributed by atoms with E-state index in [-0.39, 0.29) is 17.2 Å². The summed E-state index contributed by atoms with van der Waals surface area (Å²) in [4.78, 5) is 26.5. The molecule has 1 heterocycles. The third-order valence-corrected chi connectivity index (χ3v) is 2.60. The zero-order valence-corrected chi connectivity index (χ0v) is 11.8. The number of nitrogens with two attached hydrogens (primary N) is 1. The Morgan fingerprint density at radius 3 is 2.55 bits per heavy atom. The number of aromatic carboxylic acids is 1. The quantitative estimate of drug-likeness (QED) is 0.616. The molecule has 0 aliphatic rings. The van der Waals surface area contributed by atoms with Crippen LogP contribution in [0.15, 0.2) is 12.3 Å². The number of aromatic nitrogens is 1. The Kier molecular flexibility index (Phi) is 5.31. The first-order chi connectivity index (χ1) is 9.31. The smallest absolute Gasteiger partial charge is 0.337 e. The highest BCUT2D eigenvalue weighted by Gasteiger charge is 2.15. The van der Waals surface area contributed by atoms with Gasteiger partial charge in [0, 0.05) is 12.7 Å². The number of nitrogens with one attached hydrogen (secondary N) is 2. The second-order valence-electron chi connectivity index (χ2n) is 4.97. The second-order valence-corrected chi connectivity index (χ2v) is 4.97. The van der Waals surface area contributed by atoms with Gasteiger partial charge in [-0.1, -0.05) is 13.8 Å². The number of hydrogen-bond donors (Lipinski definition) is 4. The largest absolute Gasteiger partial charge is 0.478 e. The second kappa shape index (κ2) is 6.74. The molecule has 0 spiro atoms. The van der Waals surface area contributed by atoms with Gasteiger partial charge in [-0.15, -0.1) is 0 Å². The molecule has 1 aromatic rings. The minimum Gasteiger partial charge on any atom is -0.478 e. The minimum atomic E-state index is -1.10. The van der Waals surface area contributed by atoms with Crippen LogP contribution in [0, 0.1) is 5.92 Å². The van der Waals surface area contributed by atoms with E-state index in [0.29, 0.717) is 18.3 Å². The van der Waals surface area contributed by atoms with Gasteiger partial charge in [0.05, 0.1) is 11.3 Å². The van der Waals surface area contributed by atoms with Crippen molar-refractivity contribution in [3.05, 3.63) is 17.8 Å². The van der Waals surface area contributed by atoms with Crippen molar-refractivity contribution in [3.63, 3.8) is 0 Å². The number of rotatable bonds is 6. The number of carbonyl (C=O) groups is 2. The molecular formula is C13H20N4O3. The van der Waals surface area contributed by atoms with Gasteiger partial charge < -0.3 is 21.5 Å². The number of hydrogen-bond acceptors (Lipinski definition) is 5. The molecule has 0 aromatic carbocycles. The Hall–Kier alpha value is -2.31. The summed E-state index contributed by atoms with van der Waals surface area (Å²) in [5.74, 6) is -0.605. The number of carboxylic acids is 1. The minimum absolute atomic E-state index is 0.00459. The molecule has 0 bridgehead atoms. The molecule has 1 aromatic heterocycles. The summed E-state index contributed by atoms with van der Waals surface area (Å²) in [6.45, 7) is 6.28. The summed E-state index contributed by atoms with van der Waals surface area (Å²) in [5, 5.41) is 14.5. The van der Waals surface area contributed by atoms with E-state index in [1.54, 1.807) is 6.92 Å². The number of pyridine rings is 1. The molecule has 1 unspecified atom stereocenters. The molecule has 1 amide bonds. The monoisotopic (exact) mass is 280 g/mol. The Balaban J connectivity index is 2.68. The molecule has 0 aliphatic carbocycles. The van der Waals surface area contributed by atoms with Crippen LogP contribution in [-0.2, 0) is 4.79 Å². The molecule has 0 saturated carbocycles. The fourth-order valence-corrected chi connectivity index (χ4v) is 1.45. The summed E-state index contributed by atoms with van der Waals surface area (Å²) < 4.78 is 0. The molecule has 110 valence electrons. The highest BCUT2D eigenvalue weighted by molar-refractivity contribution is 5.90. The van der Waals surface area contributed by atoms with E-state index in [9.17, 15) is 9.59 Å². The highest BCUT2D eigenvalue weighted by Crippen LogP contribution is 2.17. The van der Waals surface area contributed by atoms with Gasteiger partial charge in [-0.2, -0.15) is 0 Å². The van der Waals surface area contributed by atoms with Crippen LogP contribution < -0.4 is 16.4 Å². The van der Waals surface area contributed by atoms with Crippen LogP contribution in [0.3, 0.4) is 0 Å². The molecule has 7 heteroatoms. The lowest BCUT2D eigenvalue weighted by Crippen LogP contribution is -2.39. The van der Waals surface area contributed by atoms with E-state index in [1.807, 2.05) is 13.8 Å². The molecule has 0 aliphatic heterocycles. The number of anilines is 2. The van der Waals surface area contributed by atoms with Crippen LogP contribution in [0.25, 0.3) is 0 Å². The topological polar surface area (TPSA) is 117 Å². The van der Waals surface area contributed by atoms with Crippen molar-refractivity contribution in [2.24, 2.45) is 5.92 Å². The molecule has 0 radical (unpaired) electrons. The maximum atomic E-state index is 11.8. The summed E-state index contributed by atoms with van der Waals surface area (Å²) in [6, 6.07) is 0.787. The fraction of sp³-hybridized carbons (Fsp3) is 0.462. The van der Waals surface area contributed by atoms with E-state index < -0.39 is 12.0 Å². The Morgan fingerprint density at radius 1 is 1.40 bits per heavy atom. The number of nitrogen functional groups attached to an aromatic ring is 1. The molecule has 1 rings (SSSR count). The SMILES string of the molecule is CC(C)CNC(=O)C(C)Nc1ncc(C(=O)O)cc1N. The first-order valence-corrected chi connectivity index (χ1v) is 6.34. The maximum absolute atomic E-state index is 11.8. The van der Waals surface area contributed by atoms with Gasteiger partial charge in [-0.05, 0) is 18.9 Å². The molecule has 1 atom stereocenters. The van der Waals surface area contributed by atoms with Gasteiger partial charge in [-0.3, -0.25) is 4.79 Å². The van der Waals surface area contributed by atoms with Gasteiger partial charge in [0.15, 0.2) is 0 Å². The van der Waals surface area contributed by atoms with Crippen molar-refractivity contribution in [1.82, 2.24) is 10.3 Å². The van der Waals surface area contributed by atoms with Crippen LogP contribution in [0.2, 0.25) is 0 Å². The summed E-state index contributed by atoms with van der Waals surface area (Å²) in [7, 11) is 0. The highest BCUT2D eigenvalue weighted by atomic mass is 16.4. The van der Waals surface area contributed by atoms with E-state index in [2.05, 4.69) is 15.6 Å². The third kappa shape index (κ3) is 4.42. The zero-order valence-electron chi connectivity index (χ0n) is 11.8. The van der Waals surface area contributed by atoms with Crippen molar-refractivity contribution in [3.8, 4) is 0 Å². The average Bonchev–Trinajstić information content (AvgIpc) is 2.37. The number of amides is 1. The molecule has 5 N–H and O–H groups in total. The number of carbonyl (C=O) groups excluding carboxylic acids is 1. The van der Waals surface area contributed by atoms with E-state index >= 15 is 0 Å². The summed E-state index contributed by atoms with van der Waals surface area (Å²) >= 11 is 0. The maximum Gasteiger partial charge on any atom is 0.337 e. The Bertz CT molecular complexity index is 502. The predicted molar refractivity (Wildman–Crippen MR) is 76.5 cm³/mol. The molecule has 0 saturated heterocycles. The normalized spacial score (nSPS) is 12.0. The molecule has 0 fully saturated rings. The van der Waals surface area contributed by atoms with Gasteiger partial charge in [-0.25, -0.2) is 9.78 Å². The van der Waals surface area contributed by atoms with Crippen molar-refractivity contribution < 1.29 is 14.7 Å². The summed E-state index contributed by atoms with van der Waals surface area (Å²) in [6.07, 6.45) is 1.19. The zero-order chi connectivity index (χ0) is 15.3. The molecule has 7 nitrogen and oxygen atoms in total. The van der Waals surface area contributed by atoms with Crippen LogP contribution >= 0.6 is 0 Å². The standard InChI is InChI=1S/C13H20N4O3/c1-7(2)5-16-12(18)8(3)17-11-10(14)4-9(6-15-11)13(19)20/h4,6-8H,5,14H2,1-3H3,(H,15,17)(H,16,18)(H,19,20). The Morgan fingerprint density at radius 2 is 2.05 bits per heavy atom. The van der Waals surface area contributed by atoms with Crippen molar-refractivity contribution in [2.45, 2.75) is 26.8 Å². The van der Waals surface area contributed by atoms with E-state index in [4.69, 9.17) is 10.8 Å². The average molecular weight is 280 g/mol. The van der Waals surface area contributed by atoms with Gasteiger partial charge >= 0.3 is 5.97 Å². The van der Waals surface area contributed by atoms with Crippen LogP contribution in [0.5, 0.6) is 0 Å². The summed E-state index contributed by atoms with van der Waals surface area (Å²) in [5.41, 5.74) is 5.90. The third-order valence-electron chi connectivity index (χ3n) is 2.60. The Labute approximate surface area is 117 Å².